The monoisotopic (exact) mass is 261 g/mol. The first-order chi connectivity index (χ1) is 8.74. The molecular formula is C14H16ClN3. The van der Waals surface area contributed by atoms with Gasteiger partial charge in [-0.15, -0.1) is 0 Å². The fourth-order valence-corrected chi connectivity index (χ4v) is 2.77. The second-order valence-corrected chi connectivity index (χ2v) is 5.31. The van der Waals surface area contributed by atoms with Crippen molar-refractivity contribution in [2.45, 2.75) is 31.6 Å². The molecule has 3 nitrogen and oxygen atoms in total. The van der Waals surface area contributed by atoms with Crippen LogP contribution in [0.25, 0.3) is 5.69 Å². The van der Waals surface area contributed by atoms with Crippen LogP contribution >= 0.6 is 11.6 Å². The SMILES string of the molecule is Nc1cn(-c2ccc(Cl)cc2)nc1C1CCCC1. The lowest BCUT2D eigenvalue weighted by atomic mass is 10.0. The van der Waals surface area contributed by atoms with E-state index in [0.29, 0.717) is 5.92 Å². The molecule has 4 heteroatoms. The average molecular weight is 262 g/mol. The molecule has 1 saturated carbocycles. The molecule has 2 aromatic rings. The highest BCUT2D eigenvalue weighted by molar-refractivity contribution is 6.30. The second-order valence-electron chi connectivity index (χ2n) is 4.87. The summed E-state index contributed by atoms with van der Waals surface area (Å²) in [7, 11) is 0. The Labute approximate surface area is 112 Å². The van der Waals surface area contributed by atoms with Crippen LogP contribution < -0.4 is 5.73 Å². The Morgan fingerprint density at radius 2 is 1.83 bits per heavy atom. The third-order valence-electron chi connectivity index (χ3n) is 3.61. The highest BCUT2D eigenvalue weighted by atomic mass is 35.5. The van der Waals surface area contributed by atoms with Gasteiger partial charge in [-0.3, -0.25) is 0 Å². The molecule has 0 atom stereocenters. The summed E-state index contributed by atoms with van der Waals surface area (Å²) in [6, 6.07) is 7.63. The van der Waals surface area contributed by atoms with Crippen molar-refractivity contribution in [1.29, 1.82) is 0 Å². The number of aromatic nitrogens is 2. The smallest absolute Gasteiger partial charge is 0.0889 e. The van der Waals surface area contributed by atoms with Gasteiger partial charge in [-0.2, -0.15) is 5.10 Å². The molecule has 1 aromatic carbocycles. The predicted octanol–water partition coefficient (Wildman–Crippen LogP) is 3.77. The molecule has 2 N–H and O–H groups in total. The topological polar surface area (TPSA) is 43.8 Å². The van der Waals surface area contributed by atoms with E-state index in [1.807, 2.05) is 35.1 Å². The summed E-state index contributed by atoms with van der Waals surface area (Å²) >= 11 is 5.88. The van der Waals surface area contributed by atoms with Crippen molar-refractivity contribution in [1.82, 2.24) is 9.78 Å². The summed E-state index contributed by atoms with van der Waals surface area (Å²) in [5.41, 5.74) is 8.94. The number of nitrogens with two attached hydrogens (primary N) is 1. The Balaban J connectivity index is 1.94. The minimum Gasteiger partial charge on any atom is -0.396 e. The molecule has 0 aliphatic heterocycles. The Kier molecular flexibility index (Phi) is 3.00. The summed E-state index contributed by atoms with van der Waals surface area (Å²) in [6.07, 6.45) is 6.90. The average Bonchev–Trinajstić information content (AvgIpc) is 2.99. The normalized spacial score (nSPS) is 16.3. The molecule has 0 spiro atoms. The predicted molar refractivity (Wildman–Crippen MR) is 74.2 cm³/mol. The van der Waals surface area contributed by atoms with Gasteiger partial charge in [0, 0.05) is 10.9 Å². The molecule has 94 valence electrons. The van der Waals surface area contributed by atoms with E-state index in [2.05, 4.69) is 5.10 Å². The summed E-state index contributed by atoms with van der Waals surface area (Å²) in [6.45, 7) is 0. The van der Waals surface area contributed by atoms with E-state index in [1.165, 1.54) is 25.7 Å². The molecule has 0 saturated heterocycles. The van der Waals surface area contributed by atoms with E-state index in [4.69, 9.17) is 17.3 Å². The zero-order valence-electron chi connectivity index (χ0n) is 10.1. The Morgan fingerprint density at radius 1 is 1.17 bits per heavy atom. The maximum Gasteiger partial charge on any atom is 0.0889 e. The van der Waals surface area contributed by atoms with Crippen molar-refractivity contribution in [2.24, 2.45) is 0 Å². The highest BCUT2D eigenvalue weighted by Crippen LogP contribution is 2.36. The number of hydrogen-bond donors (Lipinski definition) is 1. The number of halogens is 1. The summed E-state index contributed by atoms with van der Waals surface area (Å²) in [5, 5.41) is 5.37. The van der Waals surface area contributed by atoms with Crippen molar-refractivity contribution in [3.8, 4) is 5.69 Å². The molecule has 1 heterocycles. The van der Waals surface area contributed by atoms with Gasteiger partial charge < -0.3 is 5.73 Å². The lowest BCUT2D eigenvalue weighted by Crippen LogP contribution is -1.99. The third-order valence-corrected chi connectivity index (χ3v) is 3.86. The van der Waals surface area contributed by atoms with E-state index in [1.54, 1.807) is 0 Å². The van der Waals surface area contributed by atoms with Crippen molar-refractivity contribution in [3.05, 3.63) is 41.2 Å². The largest absolute Gasteiger partial charge is 0.396 e. The van der Waals surface area contributed by atoms with Crippen molar-refractivity contribution in [3.63, 3.8) is 0 Å². The second kappa shape index (κ2) is 4.65. The van der Waals surface area contributed by atoms with Crippen LogP contribution in [0.3, 0.4) is 0 Å². The van der Waals surface area contributed by atoms with Crippen molar-refractivity contribution < 1.29 is 0 Å². The van der Waals surface area contributed by atoms with Gasteiger partial charge in [0.05, 0.1) is 23.3 Å². The maximum atomic E-state index is 6.08. The summed E-state index contributed by atoms with van der Waals surface area (Å²) in [5.74, 6) is 0.540. The van der Waals surface area contributed by atoms with Gasteiger partial charge in [0.25, 0.3) is 0 Å². The number of anilines is 1. The van der Waals surface area contributed by atoms with Gasteiger partial charge in [-0.05, 0) is 37.1 Å². The van der Waals surface area contributed by atoms with Gasteiger partial charge in [-0.1, -0.05) is 24.4 Å². The molecule has 1 aromatic heterocycles. The Hall–Kier alpha value is -1.48. The first-order valence-electron chi connectivity index (χ1n) is 6.35. The first kappa shape index (κ1) is 11.6. The summed E-state index contributed by atoms with van der Waals surface area (Å²) in [4.78, 5) is 0. The van der Waals surface area contributed by atoms with E-state index >= 15 is 0 Å². The molecule has 3 rings (SSSR count). The number of nitrogens with zero attached hydrogens (tertiary/aromatic N) is 2. The fourth-order valence-electron chi connectivity index (χ4n) is 2.64. The molecule has 1 fully saturated rings. The first-order valence-corrected chi connectivity index (χ1v) is 6.73. The Morgan fingerprint density at radius 3 is 2.50 bits per heavy atom. The lowest BCUT2D eigenvalue weighted by Gasteiger charge is -2.05. The van der Waals surface area contributed by atoms with E-state index in [-0.39, 0.29) is 0 Å². The number of benzene rings is 1. The van der Waals surface area contributed by atoms with Gasteiger partial charge in [0.15, 0.2) is 0 Å². The third kappa shape index (κ3) is 2.10. The van der Waals surface area contributed by atoms with Crippen LogP contribution in [-0.4, -0.2) is 9.78 Å². The van der Waals surface area contributed by atoms with Gasteiger partial charge >= 0.3 is 0 Å². The molecule has 0 bridgehead atoms. The van der Waals surface area contributed by atoms with Crippen LogP contribution in [-0.2, 0) is 0 Å². The van der Waals surface area contributed by atoms with Crippen LogP contribution in [0.4, 0.5) is 5.69 Å². The fraction of sp³-hybridized carbons (Fsp3) is 0.357. The van der Waals surface area contributed by atoms with E-state index in [9.17, 15) is 0 Å². The van der Waals surface area contributed by atoms with Crippen LogP contribution in [0.5, 0.6) is 0 Å². The quantitative estimate of drug-likeness (QED) is 0.894. The van der Waals surface area contributed by atoms with E-state index in [0.717, 1.165) is 22.1 Å². The van der Waals surface area contributed by atoms with Crippen molar-refractivity contribution in [2.75, 3.05) is 5.73 Å². The molecule has 1 aliphatic rings. The van der Waals surface area contributed by atoms with Crippen LogP contribution in [0, 0.1) is 0 Å². The van der Waals surface area contributed by atoms with Crippen LogP contribution in [0.1, 0.15) is 37.3 Å². The standard InChI is InChI=1S/C14H16ClN3/c15-11-5-7-12(8-6-11)18-9-13(16)14(17-18)10-3-1-2-4-10/h5-10H,1-4,16H2. The van der Waals surface area contributed by atoms with Crippen LogP contribution in [0.15, 0.2) is 30.5 Å². The van der Waals surface area contributed by atoms with E-state index < -0.39 is 0 Å². The molecule has 0 amide bonds. The highest BCUT2D eigenvalue weighted by Gasteiger charge is 2.22. The van der Waals surface area contributed by atoms with Crippen molar-refractivity contribution >= 4 is 17.3 Å². The zero-order valence-corrected chi connectivity index (χ0v) is 10.9. The van der Waals surface area contributed by atoms with Gasteiger partial charge in [0.1, 0.15) is 0 Å². The number of nitrogen functional groups attached to an aromatic ring is 1. The number of rotatable bonds is 2. The lowest BCUT2D eigenvalue weighted by molar-refractivity contribution is 0.680. The minimum atomic E-state index is 0.540. The van der Waals surface area contributed by atoms with Gasteiger partial charge in [0.2, 0.25) is 0 Å². The maximum absolute atomic E-state index is 6.08. The summed E-state index contributed by atoms with van der Waals surface area (Å²) < 4.78 is 1.85. The number of hydrogen-bond acceptors (Lipinski definition) is 2. The molecule has 0 radical (unpaired) electrons. The minimum absolute atomic E-state index is 0.540. The molecular weight excluding hydrogens is 246 g/mol. The molecule has 0 unspecified atom stereocenters. The molecule has 18 heavy (non-hydrogen) atoms. The van der Waals surface area contributed by atoms with Gasteiger partial charge in [-0.25, -0.2) is 4.68 Å². The van der Waals surface area contributed by atoms with Crippen LogP contribution in [0.2, 0.25) is 5.02 Å². The Bertz CT molecular complexity index is 539. The molecule has 1 aliphatic carbocycles. The zero-order chi connectivity index (χ0) is 12.5.